The average Bonchev–Trinajstić information content (AvgIpc) is 3.07. The topological polar surface area (TPSA) is 64.9 Å². The lowest BCUT2D eigenvalue weighted by Crippen LogP contribution is -3.00. The summed E-state index contributed by atoms with van der Waals surface area (Å²) in [7, 11) is 1.82. The zero-order valence-corrected chi connectivity index (χ0v) is 18.2. The summed E-state index contributed by atoms with van der Waals surface area (Å²) in [5.41, 5.74) is 1.95. The summed E-state index contributed by atoms with van der Waals surface area (Å²) >= 11 is 13.9. The van der Waals surface area contributed by atoms with Gasteiger partial charge in [0.2, 0.25) is 5.16 Å². The quantitative estimate of drug-likeness (QED) is 0.380. The number of thioether (sulfide) groups is 1. The van der Waals surface area contributed by atoms with Gasteiger partial charge in [0.15, 0.2) is 0 Å². The van der Waals surface area contributed by atoms with Crippen LogP contribution in [-0.4, -0.2) is 32.5 Å². The summed E-state index contributed by atoms with van der Waals surface area (Å²) in [5.74, 6) is 1.64. The first-order valence-corrected chi connectivity index (χ1v) is 10.1. The van der Waals surface area contributed by atoms with E-state index < -0.39 is 0 Å². The smallest absolute Gasteiger partial charge is 0.209 e. The largest absolute Gasteiger partial charge is 1.00 e. The van der Waals surface area contributed by atoms with Crippen LogP contribution in [0.1, 0.15) is 11.1 Å². The lowest BCUT2D eigenvalue weighted by molar-refractivity contribution is -0.00000584. The maximum atomic E-state index is 6.20. The molecule has 10 heteroatoms. The number of halogens is 3. The molecular formula is C18H19Cl3N5OS-. The molecule has 0 saturated heterocycles. The van der Waals surface area contributed by atoms with Crippen molar-refractivity contribution >= 4 is 35.0 Å². The van der Waals surface area contributed by atoms with E-state index in [0.29, 0.717) is 23.2 Å². The Bertz CT molecular complexity index is 893. The molecule has 1 heterocycles. The highest BCUT2D eigenvalue weighted by atomic mass is 35.5. The summed E-state index contributed by atoms with van der Waals surface area (Å²) in [6.07, 6.45) is 0. The number of aromatic nitrogens is 4. The van der Waals surface area contributed by atoms with Crippen LogP contribution in [0.3, 0.4) is 0 Å². The zero-order valence-electron chi connectivity index (χ0n) is 15.1. The molecule has 0 unspecified atom stereocenters. The molecule has 0 radical (unpaired) electrons. The fourth-order valence-corrected chi connectivity index (χ4v) is 3.51. The molecule has 28 heavy (non-hydrogen) atoms. The number of hydrogen-bond acceptors (Lipinski definition) is 6. The fourth-order valence-electron chi connectivity index (χ4n) is 2.38. The van der Waals surface area contributed by atoms with Crippen LogP contribution < -0.4 is 22.5 Å². The van der Waals surface area contributed by atoms with Gasteiger partial charge in [-0.25, -0.2) is 4.68 Å². The molecule has 0 aliphatic carbocycles. The van der Waals surface area contributed by atoms with Crippen molar-refractivity contribution in [3.63, 3.8) is 0 Å². The highest BCUT2D eigenvalue weighted by Crippen LogP contribution is 2.25. The van der Waals surface area contributed by atoms with Crippen LogP contribution in [0.15, 0.2) is 47.6 Å². The summed E-state index contributed by atoms with van der Waals surface area (Å²) in [5, 5.41) is 16.9. The van der Waals surface area contributed by atoms with Gasteiger partial charge in [-0.1, -0.05) is 53.2 Å². The SMILES string of the molecule is Cn1nnnc1SCCNCc1cc(Cl)ccc1OCc1ccccc1Cl.[Cl-]. The Kier molecular flexibility index (Phi) is 9.34. The molecule has 150 valence electrons. The number of nitrogens with zero attached hydrogens (tertiary/aromatic N) is 4. The van der Waals surface area contributed by atoms with Gasteiger partial charge in [0.1, 0.15) is 12.4 Å². The van der Waals surface area contributed by atoms with Gasteiger partial charge in [0.25, 0.3) is 0 Å². The molecular weight excluding hydrogens is 441 g/mol. The first kappa shape index (κ1) is 22.8. The van der Waals surface area contributed by atoms with Crippen molar-refractivity contribution in [2.75, 3.05) is 12.3 Å². The van der Waals surface area contributed by atoms with E-state index in [2.05, 4.69) is 20.8 Å². The van der Waals surface area contributed by atoms with E-state index >= 15 is 0 Å². The molecule has 0 amide bonds. The zero-order chi connectivity index (χ0) is 19.1. The van der Waals surface area contributed by atoms with Gasteiger partial charge >= 0.3 is 0 Å². The third-order valence-corrected chi connectivity index (χ3v) is 5.39. The van der Waals surface area contributed by atoms with Crippen LogP contribution in [0.5, 0.6) is 5.75 Å². The minimum Gasteiger partial charge on any atom is -1.00 e. The van der Waals surface area contributed by atoms with Gasteiger partial charge in [-0.05, 0) is 34.7 Å². The molecule has 3 aromatic rings. The molecule has 6 nitrogen and oxygen atoms in total. The molecule has 0 atom stereocenters. The lowest BCUT2D eigenvalue weighted by Gasteiger charge is -2.13. The van der Waals surface area contributed by atoms with Crippen LogP contribution >= 0.6 is 35.0 Å². The fraction of sp³-hybridized carbons (Fsp3) is 0.278. The van der Waals surface area contributed by atoms with Crippen molar-refractivity contribution in [2.45, 2.75) is 18.3 Å². The lowest BCUT2D eigenvalue weighted by atomic mass is 10.2. The Hall–Kier alpha value is -1.51. The van der Waals surface area contributed by atoms with Crippen molar-refractivity contribution in [1.29, 1.82) is 0 Å². The second kappa shape index (κ2) is 11.5. The molecule has 0 saturated carbocycles. The molecule has 1 aromatic heterocycles. The van der Waals surface area contributed by atoms with Gasteiger partial charge in [0.05, 0.1) is 0 Å². The van der Waals surface area contributed by atoms with Gasteiger partial charge in [-0.3, -0.25) is 0 Å². The van der Waals surface area contributed by atoms with E-state index in [-0.39, 0.29) is 12.4 Å². The maximum absolute atomic E-state index is 6.20. The predicted octanol–water partition coefficient (Wildman–Crippen LogP) is 0.982. The minimum atomic E-state index is 0. The summed E-state index contributed by atoms with van der Waals surface area (Å²) in [4.78, 5) is 0. The number of rotatable bonds is 9. The highest BCUT2D eigenvalue weighted by Gasteiger charge is 2.07. The minimum absolute atomic E-state index is 0. The van der Waals surface area contributed by atoms with E-state index in [1.807, 2.05) is 49.5 Å². The molecule has 0 fully saturated rings. The van der Waals surface area contributed by atoms with E-state index in [1.54, 1.807) is 16.4 Å². The Balaban J connectivity index is 0.00000280. The van der Waals surface area contributed by atoms with E-state index in [9.17, 15) is 0 Å². The molecule has 0 spiro atoms. The number of nitrogens with one attached hydrogen (secondary N) is 1. The number of hydrogen-bond donors (Lipinski definition) is 1. The summed E-state index contributed by atoms with van der Waals surface area (Å²) in [6, 6.07) is 13.3. The highest BCUT2D eigenvalue weighted by molar-refractivity contribution is 7.99. The second-order valence-electron chi connectivity index (χ2n) is 5.74. The van der Waals surface area contributed by atoms with Crippen LogP contribution in [0, 0.1) is 0 Å². The predicted molar refractivity (Wildman–Crippen MR) is 108 cm³/mol. The van der Waals surface area contributed by atoms with Crippen LogP contribution in [0.2, 0.25) is 10.0 Å². The molecule has 1 N–H and O–H groups in total. The molecule has 0 aliphatic heterocycles. The first-order valence-electron chi connectivity index (χ1n) is 8.34. The number of tetrazole rings is 1. The van der Waals surface area contributed by atoms with Crippen molar-refractivity contribution in [3.8, 4) is 5.75 Å². The third-order valence-electron chi connectivity index (χ3n) is 3.77. The van der Waals surface area contributed by atoms with E-state index in [4.69, 9.17) is 27.9 Å². The van der Waals surface area contributed by atoms with Crippen molar-refractivity contribution in [2.24, 2.45) is 7.05 Å². The number of aryl methyl sites for hydroxylation is 1. The molecule has 3 rings (SSSR count). The van der Waals surface area contributed by atoms with Crippen LogP contribution in [0.4, 0.5) is 0 Å². The molecule has 0 bridgehead atoms. The van der Waals surface area contributed by atoms with Crippen LogP contribution in [-0.2, 0) is 20.2 Å². The van der Waals surface area contributed by atoms with Crippen molar-refractivity contribution < 1.29 is 17.1 Å². The Morgan fingerprint density at radius 2 is 1.96 bits per heavy atom. The Morgan fingerprint density at radius 1 is 1.14 bits per heavy atom. The molecule has 2 aromatic carbocycles. The number of ether oxygens (including phenoxy) is 1. The average molecular weight is 460 g/mol. The van der Waals surface area contributed by atoms with Gasteiger partial charge < -0.3 is 22.5 Å². The van der Waals surface area contributed by atoms with Gasteiger partial charge in [0, 0.05) is 47.1 Å². The summed E-state index contributed by atoms with van der Waals surface area (Å²) < 4.78 is 7.63. The van der Waals surface area contributed by atoms with Crippen molar-refractivity contribution in [3.05, 3.63) is 63.6 Å². The van der Waals surface area contributed by atoms with E-state index in [1.165, 1.54) is 0 Å². The van der Waals surface area contributed by atoms with Gasteiger partial charge in [-0.2, -0.15) is 0 Å². The monoisotopic (exact) mass is 458 g/mol. The third kappa shape index (κ3) is 6.53. The maximum Gasteiger partial charge on any atom is 0.209 e. The molecule has 0 aliphatic rings. The second-order valence-corrected chi connectivity index (χ2v) is 7.65. The van der Waals surface area contributed by atoms with E-state index in [0.717, 1.165) is 34.3 Å². The van der Waals surface area contributed by atoms with Crippen LogP contribution in [0.25, 0.3) is 0 Å². The van der Waals surface area contributed by atoms with Gasteiger partial charge in [-0.15, -0.1) is 5.10 Å². The normalized spacial score (nSPS) is 10.5. The summed E-state index contributed by atoms with van der Waals surface area (Å²) in [6.45, 7) is 1.85. The Morgan fingerprint density at radius 3 is 2.71 bits per heavy atom. The number of benzene rings is 2. The van der Waals surface area contributed by atoms with Crippen molar-refractivity contribution in [1.82, 2.24) is 25.5 Å². The standard InChI is InChI=1S/C18H19Cl2N5OS.ClH/c1-25-18(22-23-24-25)27-9-8-21-11-14-10-15(19)6-7-17(14)26-12-13-4-2-3-5-16(13)20;/h2-7,10,21H,8-9,11-12H2,1H3;1H/p-1. The Labute approximate surface area is 184 Å². The first-order chi connectivity index (χ1) is 13.1.